The van der Waals surface area contributed by atoms with Crippen LogP contribution in [0.25, 0.3) is 0 Å². The molecule has 3 aromatic rings. The molecule has 1 N–H and O–H groups in total. The Kier molecular flexibility index (Phi) is 10.6. The highest BCUT2D eigenvalue weighted by atomic mass is 79.9. The van der Waals surface area contributed by atoms with Crippen LogP contribution in [0.1, 0.15) is 38.3 Å². The SMILES string of the molecule is CCC(C)NC(=O)C(C)N(Cc1cccc(Br)c1)C(=O)CN(c1cccc(Cl)c1C)S(=O)(=O)c1ccccc1. The second kappa shape index (κ2) is 13.5. The number of halogens is 2. The van der Waals surface area contributed by atoms with Crippen LogP contribution in [0.5, 0.6) is 0 Å². The van der Waals surface area contributed by atoms with Crippen molar-refractivity contribution in [3.8, 4) is 0 Å². The number of hydrogen-bond acceptors (Lipinski definition) is 4. The maximum atomic E-state index is 14.0. The largest absolute Gasteiger partial charge is 0.352 e. The third kappa shape index (κ3) is 7.62. The Morgan fingerprint density at radius 3 is 2.31 bits per heavy atom. The molecule has 39 heavy (non-hydrogen) atoms. The summed E-state index contributed by atoms with van der Waals surface area (Å²) in [7, 11) is -4.15. The third-order valence-corrected chi connectivity index (χ3v) is 9.20. The van der Waals surface area contributed by atoms with Crippen LogP contribution in [0.3, 0.4) is 0 Å². The van der Waals surface area contributed by atoms with E-state index in [2.05, 4.69) is 21.2 Å². The van der Waals surface area contributed by atoms with Gasteiger partial charge in [-0.2, -0.15) is 0 Å². The molecular formula is C29H33BrClN3O4S. The van der Waals surface area contributed by atoms with E-state index in [1.165, 1.54) is 17.0 Å². The quantitative estimate of drug-likeness (QED) is 0.283. The van der Waals surface area contributed by atoms with Gasteiger partial charge in [-0.25, -0.2) is 8.42 Å². The molecule has 10 heteroatoms. The number of hydrogen-bond donors (Lipinski definition) is 1. The minimum Gasteiger partial charge on any atom is -0.352 e. The molecular weight excluding hydrogens is 602 g/mol. The Bertz CT molecular complexity index is 1420. The fraction of sp³-hybridized carbons (Fsp3) is 0.310. The van der Waals surface area contributed by atoms with Crippen LogP contribution in [-0.4, -0.2) is 43.8 Å². The van der Waals surface area contributed by atoms with Gasteiger partial charge in [0.1, 0.15) is 12.6 Å². The van der Waals surface area contributed by atoms with E-state index < -0.39 is 28.5 Å². The smallest absolute Gasteiger partial charge is 0.264 e. The van der Waals surface area contributed by atoms with Crippen LogP contribution in [0, 0.1) is 6.92 Å². The maximum absolute atomic E-state index is 14.0. The molecule has 2 unspecified atom stereocenters. The molecule has 0 spiro atoms. The predicted octanol–water partition coefficient (Wildman–Crippen LogP) is 5.94. The molecule has 0 fully saturated rings. The number of carbonyl (C=O) groups is 2. The van der Waals surface area contributed by atoms with Crippen molar-refractivity contribution in [3.05, 3.63) is 93.4 Å². The van der Waals surface area contributed by atoms with Crippen molar-refractivity contribution in [2.45, 2.75) is 57.6 Å². The van der Waals surface area contributed by atoms with Crippen molar-refractivity contribution in [2.75, 3.05) is 10.8 Å². The summed E-state index contributed by atoms with van der Waals surface area (Å²) >= 11 is 9.81. The molecule has 0 aliphatic heterocycles. The van der Waals surface area contributed by atoms with E-state index in [9.17, 15) is 18.0 Å². The number of amides is 2. The van der Waals surface area contributed by atoms with Gasteiger partial charge >= 0.3 is 0 Å². The lowest BCUT2D eigenvalue weighted by Crippen LogP contribution is -2.52. The molecule has 0 aliphatic rings. The van der Waals surface area contributed by atoms with E-state index in [1.807, 2.05) is 38.1 Å². The van der Waals surface area contributed by atoms with E-state index in [1.54, 1.807) is 50.2 Å². The van der Waals surface area contributed by atoms with Gasteiger partial charge in [0, 0.05) is 22.1 Å². The summed E-state index contributed by atoms with van der Waals surface area (Å²) in [5.41, 5.74) is 1.60. The monoisotopic (exact) mass is 633 g/mol. The van der Waals surface area contributed by atoms with E-state index >= 15 is 0 Å². The molecule has 2 atom stereocenters. The van der Waals surface area contributed by atoms with E-state index in [-0.39, 0.29) is 23.4 Å². The highest BCUT2D eigenvalue weighted by Gasteiger charge is 2.33. The summed E-state index contributed by atoms with van der Waals surface area (Å²) in [4.78, 5) is 28.6. The molecule has 0 bridgehead atoms. The number of carbonyl (C=O) groups excluding carboxylic acids is 2. The highest BCUT2D eigenvalue weighted by Crippen LogP contribution is 2.31. The highest BCUT2D eigenvalue weighted by molar-refractivity contribution is 9.10. The summed E-state index contributed by atoms with van der Waals surface area (Å²) < 4.78 is 29.6. The molecule has 3 aromatic carbocycles. The summed E-state index contributed by atoms with van der Waals surface area (Å²) in [6.07, 6.45) is 0.731. The fourth-order valence-electron chi connectivity index (χ4n) is 3.98. The molecule has 0 saturated heterocycles. The van der Waals surface area contributed by atoms with Gasteiger partial charge in [-0.3, -0.25) is 13.9 Å². The second-order valence-electron chi connectivity index (χ2n) is 9.35. The normalized spacial score (nSPS) is 12.9. The third-order valence-electron chi connectivity index (χ3n) is 6.53. The van der Waals surface area contributed by atoms with Gasteiger partial charge in [0.05, 0.1) is 10.6 Å². The molecule has 0 heterocycles. The fourth-order valence-corrected chi connectivity index (χ4v) is 6.09. The van der Waals surface area contributed by atoms with E-state index in [0.29, 0.717) is 16.3 Å². The van der Waals surface area contributed by atoms with Crippen LogP contribution in [-0.2, 0) is 26.2 Å². The molecule has 208 valence electrons. The van der Waals surface area contributed by atoms with Gasteiger partial charge < -0.3 is 10.2 Å². The topological polar surface area (TPSA) is 86.8 Å². The molecule has 2 amide bonds. The van der Waals surface area contributed by atoms with Crippen molar-refractivity contribution >= 4 is 55.1 Å². The number of nitrogens with one attached hydrogen (secondary N) is 1. The Hall–Kier alpha value is -2.88. The number of nitrogens with zero attached hydrogens (tertiary/aromatic N) is 2. The van der Waals surface area contributed by atoms with E-state index in [4.69, 9.17) is 11.6 Å². The van der Waals surface area contributed by atoms with E-state index in [0.717, 1.165) is 20.8 Å². The minimum absolute atomic E-state index is 0.0401. The lowest BCUT2D eigenvalue weighted by atomic mass is 10.1. The van der Waals surface area contributed by atoms with Crippen LogP contribution in [0.2, 0.25) is 5.02 Å². The molecule has 0 aromatic heterocycles. The second-order valence-corrected chi connectivity index (χ2v) is 12.5. The zero-order valence-corrected chi connectivity index (χ0v) is 25.6. The first-order valence-electron chi connectivity index (χ1n) is 12.6. The lowest BCUT2D eigenvalue weighted by molar-refractivity contribution is -0.139. The summed E-state index contributed by atoms with van der Waals surface area (Å²) in [6, 6.07) is 19.3. The van der Waals surface area contributed by atoms with Crippen molar-refractivity contribution < 1.29 is 18.0 Å². The first kappa shape index (κ1) is 30.7. The minimum atomic E-state index is -4.15. The number of benzene rings is 3. The van der Waals surface area contributed by atoms with Gasteiger partial charge in [-0.05, 0) is 74.7 Å². The first-order chi connectivity index (χ1) is 18.4. The Morgan fingerprint density at radius 2 is 1.67 bits per heavy atom. The van der Waals surface area contributed by atoms with Gasteiger partial charge in [0.2, 0.25) is 11.8 Å². The molecule has 3 rings (SSSR count). The number of sulfonamides is 1. The van der Waals surface area contributed by atoms with Gasteiger partial charge in [0.25, 0.3) is 10.0 Å². The van der Waals surface area contributed by atoms with Crippen LogP contribution in [0.15, 0.2) is 82.2 Å². The van der Waals surface area contributed by atoms with Crippen molar-refractivity contribution in [3.63, 3.8) is 0 Å². The summed E-state index contributed by atoms with van der Waals surface area (Å²) in [5, 5.41) is 3.30. The predicted molar refractivity (Wildman–Crippen MR) is 159 cm³/mol. The van der Waals surface area contributed by atoms with Crippen molar-refractivity contribution in [2.24, 2.45) is 0 Å². The number of rotatable bonds is 11. The summed E-state index contributed by atoms with van der Waals surface area (Å²) in [5.74, 6) is -0.843. The average Bonchev–Trinajstić information content (AvgIpc) is 2.92. The van der Waals surface area contributed by atoms with Crippen molar-refractivity contribution in [1.82, 2.24) is 10.2 Å². The molecule has 0 radical (unpaired) electrons. The van der Waals surface area contributed by atoms with Crippen molar-refractivity contribution in [1.29, 1.82) is 0 Å². The Labute approximate surface area is 244 Å². The lowest BCUT2D eigenvalue weighted by Gasteiger charge is -2.33. The molecule has 0 aliphatic carbocycles. The van der Waals surface area contributed by atoms with Crippen LogP contribution >= 0.6 is 27.5 Å². The average molecular weight is 635 g/mol. The number of anilines is 1. The zero-order chi connectivity index (χ0) is 28.7. The zero-order valence-electron chi connectivity index (χ0n) is 22.4. The maximum Gasteiger partial charge on any atom is 0.264 e. The Balaban J connectivity index is 2.06. The standard InChI is InChI=1S/C29H33BrClN3O4S/c1-5-20(2)32-29(36)22(4)33(18-23-11-9-12-24(30)17-23)28(35)19-34(27-16-10-15-26(31)21(27)3)39(37,38)25-13-7-6-8-14-25/h6-17,20,22H,5,18-19H2,1-4H3,(H,32,36). The van der Waals surface area contributed by atoms with Gasteiger partial charge in [-0.1, -0.05) is 70.9 Å². The van der Waals surface area contributed by atoms with Crippen LogP contribution in [0.4, 0.5) is 5.69 Å². The van der Waals surface area contributed by atoms with Crippen LogP contribution < -0.4 is 9.62 Å². The van der Waals surface area contributed by atoms with Gasteiger partial charge in [-0.15, -0.1) is 0 Å². The van der Waals surface area contributed by atoms with Gasteiger partial charge in [0.15, 0.2) is 0 Å². The first-order valence-corrected chi connectivity index (χ1v) is 15.2. The molecule has 0 saturated carbocycles. The Morgan fingerprint density at radius 1 is 1.00 bits per heavy atom. The summed E-state index contributed by atoms with van der Waals surface area (Å²) in [6.45, 7) is 6.79. The molecule has 7 nitrogen and oxygen atoms in total.